The van der Waals surface area contributed by atoms with E-state index in [-0.39, 0.29) is 5.91 Å². The van der Waals surface area contributed by atoms with Crippen molar-refractivity contribution in [2.75, 3.05) is 32.4 Å². The molecule has 1 atom stereocenters. The number of nitrogens with zero attached hydrogens (tertiary/aromatic N) is 1. The van der Waals surface area contributed by atoms with Gasteiger partial charge in [0.15, 0.2) is 0 Å². The monoisotopic (exact) mass is 298 g/mol. The molecule has 1 aliphatic rings. The second-order valence-electron chi connectivity index (χ2n) is 4.77. The minimum atomic E-state index is 0.212. The average molecular weight is 299 g/mol. The van der Waals surface area contributed by atoms with Crippen LogP contribution in [0.25, 0.3) is 0 Å². The quantitative estimate of drug-likeness (QED) is 0.848. The lowest BCUT2D eigenvalue weighted by molar-refractivity contribution is -0.127. The molecule has 5 heteroatoms. The van der Waals surface area contributed by atoms with Crippen molar-refractivity contribution in [1.29, 1.82) is 0 Å². The SMILES string of the molecule is CNCC1CCN(C(=O)CSc2ccccc2Cl)C1. The fraction of sp³-hybridized carbons (Fsp3) is 0.500. The number of carbonyl (C=O) groups excluding carboxylic acids is 1. The van der Waals surface area contributed by atoms with Crippen molar-refractivity contribution in [3.63, 3.8) is 0 Å². The van der Waals surface area contributed by atoms with E-state index in [1.54, 1.807) is 0 Å². The van der Waals surface area contributed by atoms with Gasteiger partial charge in [0.1, 0.15) is 0 Å². The van der Waals surface area contributed by atoms with E-state index in [1.807, 2.05) is 36.2 Å². The zero-order valence-corrected chi connectivity index (χ0v) is 12.6. The van der Waals surface area contributed by atoms with Gasteiger partial charge in [-0.1, -0.05) is 23.7 Å². The summed E-state index contributed by atoms with van der Waals surface area (Å²) in [5.74, 6) is 1.28. The number of nitrogens with one attached hydrogen (secondary N) is 1. The zero-order chi connectivity index (χ0) is 13.7. The second-order valence-corrected chi connectivity index (χ2v) is 6.20. The molecule has 0 spiro atoms. The molecular weight excluding hydrogens is 280 g/mol. The Kier molecular flexibility index (Phi) is 5.55. The lowest BCUT2D eigenvalue weighted by atomic mass is 10.1. The molecule has 1 aromatic carbocycles. The van der Waals surface area contributed by atoms with Crippen LogP contribution in [0.4, 0.5) is 0 Å². The van der Waals surface area contributed by atoms with Crippen LogP contribution in [0.15, 0.2) is 29.2 Å². The zero-order valence-electron chi connectivity index (χ0n) is 11.1. The van der Waals surface area contributed by atoms with Crippen molar-refractivity contribution in [2.45, 2.75) is 11.3 Å². The molecule has 104 valence electrons. The Morgan fingerprint density at radius 1 is 1.53 bits per heavy atom. The Hall–Kier alpha value is -0.710. The Morgan fingerprint density at radius 2 is 2.32 bits per heavy atom. The summed E-state index contributed by atoms with van der Waals surface area (Å²) < 4.78 is 0. The number of likely N-dealkylation sites (tertiary alicyclic amines) is 1. The number of amides is 1. The van der Waals surface area contributed by atoms with Gasteiger partial charge in [0.05, 0.1) is 10.8 Å². The first kappa shape index (κ1) is 14.7. The van der Waals surface area contributed by atoms with Crippen LogP contribution >= 0.6 is 23.4 Å². The molecule has 0 aromatic heterocycles. The van der Waals surface area contributed by atoms with Gasteiger partial charge in [-0.2, -0.15) is 0 Å². The van der Waals surface area contributed by atoms with E-state index in [2.05, 4.69) is 5.32 Å². The van der Waals surface area contributed by atoms with Gasteiger partial charge in [-0.05, 0) is 38.1 Å². The third-order valence-electron chi connectivity index (χ3n) is 3.32. The smallest absolute Gasteiger partial charge is 0.232 e. The van der Waals surface area contributed by atoms with Gasteiger partial charge in [0, 0.05) is 18.0 Å². The van der Waals surface area contributed by atoms with Crippen molar-refractivity contribution in [2.24, 2.45) is 5.92 Å². The molecular formula is C14H19ClN2OS. The molecule has 2 rings (SSSR count). The predicted octanol–water partition coefficient (Wildman–Crippen LogP) is 2.50. The summed E-state index contributed by atoms with van der Waals surface area (Å²) in [6.45, 7) is 2.75. The molecule has 1 unspecified atom stereocenters. The van der Waals surface area contributed by atoms with Gasteiger partial charge in [0.25, 0.3) is 0 Å². The van der Waals surface area contributed by atoms with E-state index in [4.69, 9.17) is 11.6 Å². The molecule has 1 N–H and O–H groups in total. The van der Waals surface area contributed by atoms with Crippen LogP contribution in [-0.4, -0.2) is 43.2 Å². The van der Waals surface area contributed by atoms with Gasteiger partial charge in [-0.3, -0.25) is 4.79 Å². The van der Waals surface area contributed by atoms with Gasteiger partial charge in [0.2, 0.25) is 5.91 Å². The molecule has 1 amide bonds. The van der Waals surface area contributed by atoms with Crippen molar-refractivity contribution in [3.8, 4) is 0 Å². The summed E-state index contributed by atoms with van der Waals surface area (Å²) >= 11 is 7.60. The first-order chi connectivity index (χ1) is 9.20. The van der Waals surface area contributed by atoms with Crippen LogP contribution in [0.2, 0.25) is 5.02 Å². The number of benzene rings is 1. The predicted molar refractivity (Wildman–Crippen MR) is 80.8 cm³/mol. The van der Waals surface area contributed by atoms with Crippen LogP contribution in [0.3, 0.4) is 0 Å². The molecule has 3 nitrogen and oxygen atoms in total. The van der Waals surface area contributed by atoms with Gasteiger partial charge in [-0.15, -0.1) is 11.8 Å². The first-order valence-corrected chi connectivity index (χ1v) is 7.86. The van der Waals surface area contributed by atoms with Crippen LogP contribution in [0, 0.1) is 5.92 Å². The Labute approximate surface area is 123 Å². The highest BCUT2D eigenvalue weighted by molar-refractivity contribution is 8.00. The van der Waals surface area contributed by atoms with Crippen LogP contribution in [0.5, 0.6) is 0 Å². The van der Waals surface area contributed by atoms with Crippen molar-refractivity contribution >= 4 is 29.3 Å². The summed E-state index contributed by atoms with van der Waals surface area (Å²) in [6.07, 6.45) is 1.10. The van der Waals surface area contributed by atoms with Crippen LogP contribution in [-0.2, 0) is 4.79 Å². The number of hydrogen-bond donors (Lipinski definition) is 1. The fourth-order valence-electron chi connectivity index (χ4n) is 2.31. The molecule has 0 bridgehead atoms. The van der Waals surface area contributed by atoms with Crippen LogP contribution < -0.4 is 5.32 Å². The first-order valence-electron chi connectivity index (χ1n) is 6.50. The van der Waals surface area contributed by atoms with E-state index >= 15 is 0 Å². The Balaban J connectivity index is 1.81. The maximum atomic E-state index is 12.1. The molecule has 1 aromatic rings. The third-order valence-corrected chi connectivity index (χ3v) is 4.82. The lowest BCUT2D eigenvalue weighted by Gasteiger charge is -2.16. The molecule has 1 heterocycles. The summed E-state index contributed by atoms with van der Waals surface area (Å²) in [5.41, 5.74) is 0. The molecule has 1 fully saturated rings. The normalized spacial score (nSPS) is 18.8. The number of hydrogen-bond acceptors (Lipinski definition) is 3. The highest BCUT2D eigenvalue weighted by atomic mass is 35.5. The van der Waals surface area contributed by atoms with Gasteiger partial charge in [-0.25, -0.2) is 0 Å². The average Bonchev–Trinajstić information content (AvgIpc) is 2.87. The van der Waals surface area contributed by atoms with Crippen molar-refractivity contribution < 1.29 is 4.79 Å². The number of rotatable bonds is 5. The molecule has 0 aliphatic carbocycles. The fourth-order valence-corrected chi connectivity index (χ4v) is 3.45. The van der Waals surface area contributed by atoms with Crippen molar-refractivity contribution in [3.05, 3.63) is 29.3 Å². The Bertz CT molecular complexity index is 441. The van der Waals surface area contributed by atoms with Gasteiger partial charge < -0.3 is 10.2 Å². The summed E-state index contributed by atoms with van der Waals surface area (Å²) in [7, 11) is 1.96. The van der Waals surface area contributed by atoms with E-state index in [0.717, 1.165) is 36.0 Å². The highest BCUT2D eigenvalue weighted by Gasteiger charge is 2.25. The minimum absolute atomic E-state index is 0.212. The maximum absolute atomic E-state index is 12.1. The largest absolute Gasteiger partial charge is 0.342 e. The van der Waals surface area contributed by atoms with Crippen molar-refractivity contribution in [1.82, 2.24) is 10.2 Å². The lowest BCUT2D eigenvalue weighted by Crippen LogP contribution is -2.31. The second kappa shape index (κ2) is 7.17. The molecule has 1 saturated heterocycles. The van der Waals surface area contributed by atoms with E-state index in [0.29, 0.717) is 11.7 Å². The summed E-state index contributed by atoms with van der Waals surface area (Å²) in [6, 6.07) is 7.65. The molecule has 19 heavy (non-hydrogen) atoms. The van der Waals surface area contributed by atoms with E-state index in [1.165, 1.54) is 11.8 Å². The number of thioether (sulfide) groups is 1. The third kappa shape index (κ3) is 4.13. The van der Waals surface area contributed by atoms with Gasteiger partial charge >= 0.3 is 0 Å². The topological polar surface area (TPSA) is 32.3 Å². The summed E-state index contributed by atoms with van der Waals surface area (Å²) in [5, 5.41) is 3.89. The minimum Gasteiger partial charge on any atom is -0.342 e. The molecule has 0 saturated carbocycles. The van der Waals surface area contributed by atoms with E-state index < -0.39 is 0 Å². The number of carbonyl (C=O) groups is 1. The maximum Gasteiger partial charge on any atom is 0.232 e. The molecule has 0 radical (unpaired) electrons. The molecule has 1 aliphatic heterocycles. The van der Waals surface area contributed by atoms with Crippen LogP contribution in [0.1, 0.15) is 6.42 Å². The summed E-state index contributed by atoms with van der Waals surface area (Å²) in [4.78, 5) is 15.1. The highest BCUT2D eigenvalue weighted by Crippen LogP contribution is 2.27. The Morgan fingerprint density at radius 3 is 3.05 bits per heavy atom. The number of halogens is 1. The standard InChI is InChI=1S/C14H19ClN2OS/c1-16-8-11-6-7-17(9-11)14(18)10-19-13-5-3-2-4-12(13)15/h2-5,11,16H,6-10H2,1H3. The van der Waals surface area contributed by atoms with E-state index in [9.17, 15) is 4.79 Å².